The number of nitrogens with zero attached hydrogens (tertiary/aromatic N) is 2. The zero-order valence-electron chi connectivity index (χ0n) is 15.6. The molecule has 0 atom stereocenters. The molecule has 1 fully saturated rings. The lowest BCUT2D eigenvalue weighted by Crippen LogP contribution is -2.45. The normalized spacial score (nSPS) is 18.3. The summed E-state index contributed by atoms with van der Waals surface area (Å²) in [4.78, 5) is 40.8. The third kappa shape index (κ3) is 4.23. The zero-order chi connectivity index (χ0) is 19.4. The van der Waals surface area contributed by atoms with Crippen molar-refractivity contribution in [2.75, 3.05) is 24.6 Å². The Morgan fingerprint density at radius 3 is 2.67 bits per heavy atom. The van der Waals surface area contributed by atoms with Crippen molar-refractivity contribution >= 4 is 23.5 Å². The molecule has 7 nitrogen and oxygen atoms in total. The van der Waals surface area contributed by atoms with E-state index in [-0.39, 0.29) is 49.7 Å². The topological polar surface area (TPSA) is 87.2 Å². The highest BCUT2D eigenvalue weighted by atomic mass is 16.5. The first-order chi connectivity index (χ1) is 13.0. The molecule has 0 spiro atoms. The predicted molar refractivity (Wildman–Crippen MR) is 99.6 cm³/mol. The second-order valence-electron chi connectivity index (χ2n) is 7.04. The van der Waals surface area contributed by atoms with Crippen LogP contribution in [0.5, 0.6) is 5.75 Å². The van der Waals surface area contributed by atoms with E-state index >= 15 is 0 Å². The molecule has 0 aromatic heterocycles. The van der Waals surface area contributed by atoms with Crippen LogP contribution in [0.1, 0.15) is 55.8 Å². The highest BCUT2D eigenvalue weighted by Gasteiger charge is 2.36. The van der Waals surface area contributed by atoms with E-state index in [2.05, 4.69) is 0 Å². The van der Waals surface area contributed by atoms with E-state index in [0.29, 0.717) is 11.3 Å². The first-order valence-corrected chi connectivity index (χ1v) is 9.61. The first kappa shape index (κ1) is 19.2. The number of carbonyl (C=O) groups is 3. The molecule has 0 unspecified atom stereocenters. The minimum absolute atomic E-state index is 0.0228. The van der Waals surface area contributed by atoms with Gasteiger partial charge >= 0.3 is 5.97 Å². The van der Waals surface area contributed by atoms with E-state index in [4.69, 9.17) is 4.74 Å². The van der Waals surface area contributed by atoms with Crippen LogP contribution < -0.4 is 4.90 Å². The number of amides is 2. The van der Waals surface area contributed by atoms with Gasteiger partial charge in [-0.2, -0.15) is 0 Å². The van der Waals surface area contributed by atoms with Crippen LogP contribution in [0.3, 0.4) is 0 Å². The number of benzene rings is 1. The van der Waals surface area contributed by atoms with Crippen LogP contribution in [0.2, 0.25) is 0 Å². The number of phenolic OH excluding ortho intramolecular Hbond substituents is 1. The fourth-order valence-electron chi connectivity index (χ4n) is 3.90. The molecular weight excluding hydrogens is 348 g/mol. The molecule has 1 saturated carbocycles. The van der Waals surface area contributed by atoms with E-state index in [1.165, 1.54) is 17.0 Å². The lowest BCUT2D eigenvalue weighted by atomic mass is 9.93. The van der Waals surface area contributed by atoms with Gasteiger partial charge in [-0.1, -0.05) is 19.3 Å². The number of aromatic hydroxyl groups is 1. The zero-order valence-corrected chi connectivity index (χ0v) is 15.6. The molecule has 0 bridgehead atoms. The molecule has 1 aromatic carbocycles. The van der Waals surface area contributed by atoms with Crippen molar-refractivity contribution in [1.29, 1.82) is 0 Å². The van der Waals surface area contributed by atoms with Crippen molar-refractivity contribution in [1.82, 2.24) is 4.90 Å². The molecule has 7 heteroatoms. The Bertz CT molecular complexity index is 727. The quantitative estimate of drug-likeness (QED) is 0.800. The first-order valence-electron chi connectivity index (χ1n) is 9.61. The minimum Gasteiger partial charge on any atom is -0.508 e. The maximum Gasteiger partial charge on any atom is 0.307 e. The maximum atomic E-state index is 13.0. The molecule has 1 aromatic rings. The van der Waals surface area contributed by atoms with E-state index < -0.39 is 5.97 Å². The van der Waals surface area contributed by atoms with Crippen LogP contribution in [0.25, 0.3) is 0 Å². The summed E-state index contributed by atoms with van der Waals surface area (Å²) in [5, 5.41) is 9.89. The van der Waals surface area contributed by atoms with Crippen LogP contribution in [0, 0.1) is 0 Å². The van der Waals surface area contributed by atoms with Gasteiger partial charge in [-0.3, -0.25) is 14.4 Å². The van der Waals surface area contributed by atoms with Gasteiger partial charge < -0.3 is 19.6 Å². The van der Waals surface area contributed by atoms with E-state index in [1.807, 2.05) is 0 Å². The summed E-state index contributed by atoms with van der Waals surface area (Å²) in [5.41, 5.74) is 0.851. The molecule has 1 aliphatic heterocycles. The Morgan fingerprint density at radius 1 is 1.22 bits per heavy atom. The maximum absolute atomic E-state index is 13.0. The second kappa shape index (κ2) is 8.41. The number of phenols is 1. The summed E-state index contributed by atoms with van der Waals surface area (Å²) in [5.74, 6) is -0.923. The van der Waals surface area contributed by atoms with Crippen LogP contribution in [0.4, 0.5) is 5.69 Å². The molecule has 2 aliphatic rings. The summed E-state index contributed by atoms with van der Waals surface area (Å²) in [6.45, 7) is 2.03. The van der Waals surface area contributed by atoms with Gasteiger partial charge in [0, 0.05) is 12.6 Å². The SMILES string of the molecule is CCOC(=O)CCN1CC(=O)N(C2CCCCC2)c2ccc(O)cc2C1=O. The molecular formula is C20H26N2O5. The number of ether oxygens (including phenoxy) is 1. The van der Waals surface area contributed by atoms with E-state index in [0.717, 1.165) is 32.1 Å². The number of carbonyl (C=O) groups excluding carboxylic acids is 3. The van der Waals surface area contributed by atoms with Gasteiger partial charge in [-0.05, 0) is 38.0 Å². The van der Waals surface area contributed by atoms with Crippen molar-refractivity contribution < 1.29 is 24.2 Å². The van der Waals surface area contributed by atoms with Crippen molar-refractivity contribution in [3.05, 3.63) is 23.8 Å². The molecule has 27 heavy (non-hydrogen) atoms. The summed E-state index contributed by atoms with van der Waals surface area (Å²) >= 11 is 0. The summed E-state index contributed by atoms with van der Waals surface area (Å²) in [6.07, 6.45) is 5.12. The average Bonchev–Trinajstić information content (AvgIpc) is 2.76. The van der Waals surface area contributed by atoms with Gasteiger partial charge in [0.15, 0.2) is 0 Å². The Morgan fingerprint density at radius 2 is 1.96 bits per heavy atom. The molecule has 1 aliphatic carbocycles. The van der Waals surface area contributed by atoms with Crippen LogP contribution in [-0.4, -0.2) is 53.5 Å². The standard InChI is InChI=1S/C20H26N2O5/c1-2-27-19(25)10-11-21-13-18(24)22(14-6-4-3-5-7-14)17-9-8-15(23)12-16(17)20(21)26/h8-9,12,14,23H,2-7,10-11,13H2,1H3. The van der Waals surface area contributed by atoms with Gasteiger partial charge in [-0.15, -0.1) is 0 Å². The van der Waals surface area contributed by atoms with Crippen LogP contribution >= 0.6 is 0 Å². The molecule has 146 valence electrons. The molecule has 0 radical (unpaired) electrons. The Kier molecular flexibility index (Phi) is 5.98. The lowest BCUT2D eigenvalue weighted by molar-refractivity contribution is -0.143. The lowest BCUT2D eigenvalue weighted by Gasteiger charge is -2.34. The highest BCUT2D eigenvalue weighted by Crippen LogP contribution is 2.34. The van der Waals surface area contributed by atoms with Gasteiger partial charge in [0.1, 0.15) is 12.3 Å². The molecule has 1 heterocycles. The molecule has 1 N–H and O–H groups in total. The fourth-order valence-corrected chi connectivity index (χ4v) is 3.90. The van der Waals surface area contributed by atoms with Gasteiger partial charge in [0.25, 0.3) is 5.91 Å². The van der Waals surface area contributed by atoms with Gasteiger partial charge in [0.05, 0.1) is 24.3 Å². The summed E-state index contributed by atoms with van der Waals surface area (Å²) in [6, 6.07) is 4.61. The Balaban J connectivity index is 1.90. The van der Waals surface area contributed by atoms with Crippen molar-refractivity contribution in [3.8, 4) is 5.75 Å². The Hall–Kier alpha value is -2.57. The number of rotatable bonds is 5. The summed E-state index contributed by atoms with van der Waals surface area (Å²) in [7, 11) is 0. The average molecular weight is 374 g/mol. The Labute approximate surface area is 158 Å². The molecule has 0 saturated heterocycles. The van der Waals surface area contributed by atoms with E-state index in [9.17, 15) is 19.5 Å². The summed E-state index contributed by atoms with van der Waals surface area (Å²) < 4.78 is 4.92. The smallest absolute Gasteiger partial charge is 0.307 e. The fraction of sp³-hybridized carbons (Fsp3) is 0.550. The van der Waals surface area contributed by atoms with Gasteiger partial charge in [-0.25, -0.2) is 0 Å². The largest absolute Gasteiger partial charge is 0.508 e. The van der Waals surface area contributed by atoms with Crippen molar-refractivity contribution in [2.45, 2.75) is 51.5 Å². The van der Waals surface area contributed by atoms with E-state index in [1.54, 1.807) is 17.9 Å². The second-order valence-corrected chi connectivity index (χ2v) is 7.04. The minimum atomic E-state index is -0.401. The van der Waals surface area contributed by atoms with Crippen molar-refractivity contribution in [3.63, 3.8) is 0 Å². The predicted octanol–water partition coefficient (Wildman–Crippen LogP) is 2.47. The third-order valence-electron chi connectivity index (χ3n) is 5.18. The van der Waals surface area contributed by atoms with Crippen molar-refractivity contribution in [2.24, 2.45) is 0 Å². The number of hydrogen-bond acceptors (Lipinski definition) is 5. The molecule has 2 amide bonds. The number of fused-ring (bicyclic) bond motifs is 1. The number of hydrogen-bond donors (Lipinski definition) is 1. The third-order valence-corrected chi connectivity index (χ3v) is 5.18. The van der Waals surface area contributed by atoms with Gasteiger partial charge in [0.2, 0.25) is 5.91 Å². The van der Waals surface area contributed by atoms with Crippen LogP contribution in [0.15, 0.2) is 18.2 Å². The number of esters is 1. The monoisotopic (exact) mass is 374 g/mol. The molecule has 3 rings (SSSR count). The number of anilines is 1. The van der Waals surface area contributed by atoms with Crippen LogP contribution in [-0.2, 0) is 14.3 Å². The highest BCUT2D eigenvalue weighted by molar-refractivity contribution is 6.10.